The highest BCUT2D eigenvalue weighted by atomic mass is 32.2. The lowest BCUT2D eigenvalue weighted by Crippen LogP contribution is -2.18. The highest BCUT2D eigenvalue weighted by molar-refractivity contribution is 7.89. The second kappa shape index (κ2) is 6.91. The molecule has 0 spiro atoms. The standard InChI is InChI=1S/C14H23NO3S/c1-11(7-9-19(15,16)17)6-8-18-14-10-12(2)4-5-13(14)3/h4-5,10-11H,6-9H2,1-3H3,(H2,15,16,17). The van der Waals surface area contributed by atoms with E-state index in [0.717, 1.165) is 17.7 Å². The van der Waals surface area contributed by atoms with Crippen LogP contribution in [0.5, 0.6) is 5.75 Å². The van der Waals surface area contributed by atoms with Gasteiger partial charge >= 0.3 is 0 Å². The number of nitrogens with two attached hydrogens (primary N) is 1. The fraction of sp³-hybridized carbons (Fsp3) is 0.571. The van der Waals surface area contributed by atoms with Crippen molar-refractivity contribution < 1.29 is 13.2 Å². The van der Waals surface area contributed by atoms with E-state index >= 15 is 0 Å². The second-order valence-electron chi connectivity index (χ2n) is 5.17. The molecule has 108 valence electrons. The molecule has 0 aliphatic heterocycles. The van der Waals surface area contributed by atoms with Crippen molar-refractivity contribution in [1.29, 1.82) is 0 Å². The molecule has 0 fully saturated rings. The van der Waals surface area contributed by atoms with Crippen molar-refractivity contribution in [2.24, 2.45) is 11.1 Å². The smallest absolute Gasteiger partial charge is 0.209 e. The Morgan fingerprint density at radius 2 is 1.95 bits per heavy atom. The highest BCUT2D eigenvalue weighted by Crippen LogP contribution is 2.20. The molecule has 0 saturated carbocycles. The number of hydrogen-bond donors (Lipinski definition) is 1. The molecule has 4 nitrogen and oxygen atoms in total. The molecule has 5 heteroatoms. The van der Waals surface area contributed by atoms with E-state index in [1.807, 2.05) is 32.9 Å². The normalized spacial score (nSPS) is 13.3. The van der Waals surface area contributed by atoms with Gasteiger partial charge in [0.15, 0.2) is 0 Å². The van der Waals surface area contributed by atoms with E-state index in [4.69, 9.17) is 9.88 Å². The number of aryl methyl sites for hydroxylation is 2. The summed E-state index contributed by atoms with van der Waals surface area (Å²) in [6, 6.07) is 6.11. The minimum atomic E-state index is -3.35. The first-order chi connectivity index (χ1) is 8.78. The van der Waals surface area contributed by atoms with Gasteiger partial charge in [0, 0.05) is 0 Å². The molecular weight excluding hydrogens is 262 g/mol. The van der Waals surface area contributed by atoms with Gasteiger partial charge in [-0.25, -0.2) is 13.6 Å². The second-order valence-corrected chi connectivity index (χ2v) is 6.90. The largest absolute Gasteiger partial charge is 0.493 e. The zero-order valence-corrected chi connectivity index (χ0v) is 12.7. The lowest BCUT2D eigenvalue weighted by molar-refractivity contribution is 0.280. The first-order valence-corrected chi connectivity index (χ1v) is 8.20. The minimum Gasteiger partial charge on any atom is -0.493 e. The number of benzene rings is 1. The van der Waals surface area contributed by atoms with Gasteiger partial charge in [-0.3, -0.25) is 0 Å². The van der Waals surface area contributed by atoms with E-state index in [2.05, 4.69) is 6.07 Å². The van der Waals surface area contributed by atoms with Crippen LogP contribution >= 0.6 is 0 Å². The Balaban J connectivity index is 2.35. The Bertz CT molecular complexity index is 511. The predicted octanol–water partition coefficient (Wildman–Crippen LogP) is 2.39. The average molecular weight is 285 g/mol. The van der Waals surface area contributed by atoms with E-state index in [1.165, 1.54) is 5.56 Å². The SMILES string of the molecule is Cc1ccc(C)c(OCCC(C)CCS(N)(=O)=O)c1. The molecule has 0 saturated heterocycles. The molecule has 1 atom stereocenters. The molecule has 0 heterocycles. The number of rotatable bonds is 7. The van der Waals surface area contributed by atoms with E-state index in [1.54, 1.807) is 0 Å². The van der Waals surface area contributed by atoms with Crippen molar-refractivity contribution >= 4 is 10.0 Å². The van der Waals surface area contributed by atoms with Gasteiger partial charge in [-0.05, 0) is 49.8 Å². The number of primary sulfonamides is 1. The van der Waals surface area contributed by atoms with E-state index in [9.17, 15) is 8.42 Å². The maximum absolute atomic E-state index is 10.9. The maximum Gasteiger partial charge on any atom is 0.209 e. The fourth-order valence-corrected chi connectivity index (χ4v) is 2.47. The van der Waals surface area contributed by atoms with Gasteiger partial charge in [-0.15, -0.1) is 0 Å². The number of ether oxygens (including phenoxy) is 1. The van der Waals surface area contributed by atoms with Crippen LogP contribution in [-0.4, -0.2) is 20.8 Å². The molecule has 1 rings (SSSR count). The van der Waals surface area contributed by atoms with Crippen molar-refractivity contribution in [3.8, 4) is 5.75 Å². The fourth-order valence-electron chi connectivity index (χ4n) is 1.74. The van der Waals surface area contributed by atoms with Crippen LogP contribution in [0.4, 0.5) is 0 Å². The van der Waals surface area contributed by atoms with Crippen LogP contribution in [-0.2, 0) is 10.0 Å². The van der Waals surface area contributed by atoms with Crippen LogP contribution in [0.25, 0.3) is 0 Å². The van der Waals surface area contributed by atoms with Gasteiger partial charge in [0.2, 0.25) is 10.0 Å². The molecule has 1 unspecified atom stereocenters. The average Bonchev–Trinajstić information content (AvgIpc) is 2.30. The lowest BCUT2D eigenvalue weighted by atomic mass is 10.1. The van der Waals surface area contributed by atoms with Gasteiger partial charge in [-0.2, -0.15) is 0 Å². The summed E-state index contributed by atoms with van der Waals surface area (Å²) in [6.07, 6.45) is 1.40. The summed E-state index contributed by atoms with van der Waals surface area (Å²) in [5.74, 6) is 1.22. The summed E-state index contributed by atoms with van der Waals surface area (Å²) in [6.45, 7) is 6.65. The van der Waals surface area contributed by atoms with Crippen LogP contribution < -0.4 is 9.88 Å². The van der Waals surface area contributed by atoms with Crippen molar-refractivity contribution in [3.63, 3.8) is 0 Å². The van der Waals surface area contributed by atoms with Crippen LogP contribution in [0.3, 0.4) is 0 Å². The van der Waals surface area contributed by atoms with Crippen LogP contribution in [0.2, 0.25) is 0 Å². The molecule has 0 aliphatic carbocycles. The summed E-state index contributed by atoms with van der Waals surface area (Å²) in [4.78, 5) is 0. The number of sulfonamides is 1. The Morgan fingerprint density at radius 1 is 1.26 bits per heavy atom. The number of hydrogen-bond acceptors (Lipinski definition) is 3. The Labute approximate surface area is 116 Å². The van der Waals surface area contributed by atoms with Gasteiger partial charge in [0.1, 0.15) is 5.75 Å². The topological polar surface area (TPSA) is 69.4 Å². The van der Waals surface area contributed by atoms with E-state index in [-0.39, 0.29) is 11.7 Å². The van der Waals surface area contributed by atoms with E-state index < -0.39 is 10.0 Å². The minimum absolute atomic E-state index is 0.0393. The molecule has 0 aromatic heterocycles. The summed E-state index contributed by atoms with van der Waals surface area (Å²) < 4.78 is 27.5. The maximum atomic E-state index is 10.9. The van der Waals surface area contributed by atoms with Crippen LogP contribution in [0, 0.1) is 19.8 Å². The molecule has 19 heavy (non-hydrogen) atoms. The highest BCUT2D eigenvalue weighted by Gasteiger charge is 2.09. The first-order valence-electron chi connectivity index (χ1n) is 6.48. The van der Waals surface area contributed by atoms with Gasteiger partial charge in [-0.1, -0.05) is 19.1 Å². The van der Waals surface area contributed by atoms with Gasteiger partial charge in [0.25, 0.3) is 0 Å². The van der Waals surface area contributed by atoms with Crippen LogP contribution in [0.1, 0.15) is 30.9 Å². The summed E-state index contributed by atoms with van der Waals surface area (Å²) in [5.41, 5.74) is 2.28. The molecule has 1 aromatic carbocycles. The summed E-state index contributed by atoms with van der Waals surface area (Å²) in [5, 5.41) is 4.98. The van der Waals surface area contributed by atoms with Crippen molar-refractivity contribution in [3.05, 3.63) is 29.3 Å². The van der Waals surface area contributed by atoms with Gasteiger partial charge < -0.3 is 4.74 Å². The Morgan fingerprint density at radius 3 is 2.58 bits per heavy atom. The quantitative estimate of drug-likeness (QED) is 0.836. The zero-order chi connectivity index (χ0) is 14.5. The third-order valence-corrected chi connectivity index (χ3v) is 3.91. The third kappa shape index (κ3) is 6.59. The molecule has 0 aliphatic rings. The lowest BCUT2D eigenvalue weighted by Gasteiger charge is -2.13. The predicted molar refractivity (Wildman–Crippen MR) is 77.8 cm³/mol. The molecule has 1 aromatic rings. The zero-order valence-electron chi connectivity index (χ0n) is 11.8. The molecule has 0 radical (unpaired) electrons. The molecular formula is C14H23NO3S. The Hall–Kier alpha value is -1.07. The first kappa shape index (κ1) is 16.0. The molecule has 0 amide bonds. The van der Waals surface area contributed by atoms with Crippen molar-refractivity contribution in [2.45, 2.75) is 33.6 Å². The van der Waals surface area contributed by atoms with Crippen molar-refractivity contribution in [2.75, 3.05) is 12.4 Å². The Kier molecular flexibility index (Phi) is 5.82. The van der Waals surface area contributed by atoms with Crippen LogP contribution in [0.15, 0.2) is 18.2 Å². The third-order valence-electron chi connectivity index (χ3n) is 3.11. The van der Waals surface area contributed by atoms with E-state index in [0.29, 0.717) is 13.0 Å². The molecule has 2 N–H and O–H groups in total. The summed E-state index contributed by atoms with van der Waals surface area (Å²) in [7, 11) is -3.35. The summed E-state index contributed by atoms with van der Waals surface area (Å²) >= 11 is 0. The monoisotopic (exact) mass is 285 g/mol. The van der Waals surface area contributed by atoms with Crippen molar-refractivity contribution in [1.82, 2.24) is 0 Å². The van der Waals surface area contributed by atoms with Gasteiger partial charge in [0.05, 0.1) is 12.4 Å². The molecule has 0 bridgehead atoms.